The largest absolute Gasteiger partial charge is 0.508 e. The van der Waals surface area contributed by atoms with Gasteiger partial charge in [0.1, 0.15) is 11.7 Å². The van der Waals surface area contributed by atoms with Crippen molar-refractivity contribution in [2.24, 2.45) is 5.92 Å². The summed E-state index contributed by atoms with van der Waals surface area (Å²) in [5, 5.41) is 11.8. The van der Waals surface area contributed by atoms with Crippen LogP contribution in [0.3, 0.4) is 0 Å². The molecule has 3 aromatic carbocycles. The van der Waals surface area contributed by atoms with Gasteiger partial charge < -0.3 is 5.11 Å². The number of phenolic OH excluding ortho intramolecular Hbond substituents is 1. The molecule has 156 valence electrons. The molecule has 2 amide bonds. The van der Waals surface area contributed by atoms with Crippen LogP contribution in [0.1, 0.15) is 17.2 Å². The Kier molecular flexibility index (Phi) is 4.68. The number of benzene rings is 3. The number of imide groups is 1. The fraction of sp³-hybridized carbons (Fsp3) is 0.167. The minimum absolute atomic E-state index is 0.121. The summed E-state index contributed by atoms with van der Waals surface area (Å²) in [5.41, 5.74) is 2.79. The highest BCUT2D eigenvalue weighted by Crippen LogP contribution is 2.47. The molecule has 3 aromatic rings. The Morgan fingerprint density at radius 2 is 1.61 bits per heavy atom. The third-order valence-electron chi connectivity index (χ3n) is 5.77. The minimum atomic E-state index is -0.952. The lowest BCUT2D eigenvalue weighted by Crippen LogP contribution is -2.37. The molecular weight excluding hydrogens is 416 g/mol. The van der Waals surface area contributed by atoms with Crippen molar-refractivity contribution in [3.05, 3.63) is 88.9 Å². The molecule has 0 radical (unpaired) electrons. The van der Waals surface area contributed by atoms with Crippen molar-refractivity contribution < 1.29 is 19.5 Å². The quantitative estimate of drug-likeness (QED) is 0.618. The third kappa shape index (κ3) is 3.15. The molecule has 7 heteroatoms. The third-order valence-corrected chi connectivity index (χ3v) is 6.18. The predicted octanol–water partition coefficient (Wildman–Crippen LogP) is 4.41. The number of anilines is 2. The maximum absolute atomic E-state index is 13.5. The first-order chi connectivity index (χ1) is 15.0. The number of halogens is 1. The van der Waals surface area contributed by atoms with Crippen LogP contribution in [-0.4, -0.2) is 23.0 Å². The number of carbonyl (C=O) groups is 2. The zero-order valence-electron chi connectivity index (χ0n) is 16.6. The summed E-state index contributed by atoms with van der Waals surface area (Å²) >= 11 is 6.24. The molecule has 2 saturated heterocycles. The average molecular weight is 435 g/mol. The average Bonchev–Trinajstić information content (AvgIpc) is 3.28. The number of hydrogen-bond donors (Lipinski definition) is 1. The van der Waals surface area contributed by atoms with Gasteiger partial charge in [-0.25, -0.2) is 9.96 Å². The summed E-state index contributed by atoms with van der Waals surface area (Å²) in [6.07, 6.45) is -0.952. The van der Waals surface area contributed by atoms with Crippen LogP contribution in [0.4, 0.5) is 11.4 Å². The zero-order valence-corrected chi connectivity index (χ0v) is 17.4. The number of rotatable bonds is 3. The highest BCUT2D eigenvalue weighted by molar-refractivity contribution is 6.32. The van der Waals surface area contributed by atoms with E-state index in [-0.39, 0.29) is 11.7 Å². The van der Waals surface area contributed by atoms with Gasteiger partial charge in [0.15, 0.2) is 6.10 Å². The molecule has 0 aliphatic carbocycles. The number of fused-ring (bicyclic) bond motifs is 1. The van der Waals surface area contributed by atoms with Gasteiger partial charge in [-0.05, 0) is 54.4 Å². The van der Waals surface area contributed by atoms with E-state index in [1.165, 1.54) is 0 Å². The molecular formula is C24H19ClN2O4. The second-order valence-electron chi connectivity index (χ2n) is 7.69. The van der Waals surface area contributed by atoms with Crippen molar-refractivity contribution >= 4 is 34.8 Å². The highest BCUT2D eigenvalue weighted by atomic mass is 35.5. The van der Waals surface area contributed by atoms with E-state index in [1.54, 1.807) is 47.5 Å². The van der Waals surface area contributed by atoms with Crippen molar-refractivity contribution in [2.75, 3.05) is 9.96 Å². The number of amides is 2. The molecule has 0 bridgehead atoms. The number of hydroxylamine groups is 1. The highest BCUT2D eigenvalue weighted by Gasteiger charge is 2.60. The Balaban J connectivity index is 1.58. The van der Waals surface area contributed by atoms with Crippen molar-refractivity contribution in [3.8, 4) is 5.75 Å². The topological polar surface area (TPSA) is 70.1 Å². The van der Waals surface area contributed by atoms with Crippen LogP contribution in [0.2, 0.25) is 5.02 Å². The van der Waals surface area contributed by atoms with Gasteiger partial charge >= 0.3 is 0 Å². The van der Waals surface area contributed by atoms with Gasteiger partial charge in [-0.2, -0.15) is 0 Å². The summed E-state index contributed by atoms with van der Waals surface area (Å²) in [7, 11) is 0. The van der Waals surface area contributed by atoms with Crippen molar-refractivity contribution in [1.29, 1.82) is 0 Å². The van der Waals surface area contributed by atoms with Gasteiger partial charge in [-0.3, -0.25) is 14.4 Å². The van der Waals surface area contributed by atoms with Gasteiger partial charge in [0.2, 0.25) is 5.91 Å². The number of nitrogens with zero attached hydrogens (tertiary/aromatic N) is 2. The zero-order chi connectivity index (χ0) is 21.7. The van der Waals surface area contributed by atoms with E-state index in [1.807, 2.05) is 37.3 Å². The monoisotopic (exact) mass is 434 g/mol. The Morgan fingerprint density at radius 3 is 2.29 bits per heavy atom. The molecule has 3 atom stereocenters. The smallest absolute Gasteiger partial charge is 0.266 e. The summed E-state index contributed by atoms with van der Waals surface area (Å²) in [4.78, 5) is 34.0. The number of para-hydroxylation sites is 1. The van der Waals surface area contributed by atoms with Crippen LogP contribution >= 0.6 is 11.6 Å². The van der Waals surface area contributed by atoms with Crippen molar-refractivity contribution in [2.45, 2.75) is 19.1 Å². The lowest BCUT2D eigenvalue weighted by molar-refractivity contribution is -0.126. The van der Waals surface area contributed by atoms with E-state index < -0.39 is 24.0 Å². The molecule has 0 saturated carbocycles. The standard InChI is InChI=1S/C24H19ClN2O4/c1-14-7-10-17(13-19(14)25)26-23(29)20-21(15-8-11-18(28)12-9-15)27(31-22(20)24(26)30)16-5-3-2-4-6-16/h2-13,20-22,28H,1H3/t20-,21-,22-/m1/s1. The van der Waals surface area contributed by atoms with E-state index in [2.05, 4.69) is 0 Å². The second kappa shape index (κ2) is 7.41. The second-order valence-corrected chi connectivity index (χ2v) is 8.10. The number of carbonyl (C=O) groups excluding carboxylic acids is 2. The van der Waals surface area contributed by atoms with Crippen LogP contribution in [0.15, 0.2) is 72.8 Å². The lowest BCUT2D eigenvalue weighted by Gasteiger charge is -2.28. The first kappa shape index (κ1) is 19.6. The Bertz CT molecular complexity index is 1170. The summed E-state index contributed by atoms with van der Waals surface area (Å²) < 4.78 is 0. The summed E-state index contributed by atoms with van der Waals surface area (Å²) in [5.74, 6) is -1.38. The van der Waals surface area contributed by atoms with E-state index >= 15 is 0 Å². The molecule has 1 N–H and O–H groups in total. The van der Waals surface area contributed by atoms with E-state index in [4.69, 9.17) is 16.4 Å². The molecule has 2 aliphatic heterocycles. The molecule has 0 aromatic heterocycles. The number of aromatic hydroxyl groups is 1. The van der Waals surface area contributed by atoms with Crippen LogP contribution in [-0.2, 0) is 14.4 Å². The molecule has 5 rings (SSSR count). The van der Waals surface area contributed by atoms with Gasteiger partial charge in [0.25, 0.3) is 5.91 Å². The SMILES string of the molecule is Cc1ccc(N2C(=O)[C@@H]3[C@@H](c4ccc(O)cc4)N(c4ccccc4)O[C@H]3C2=O)cc1Cl. The summed E-state index contributed by atoms with van der Waals surface area (Å²) in [6.45, 7) is 1.86. The lowest BCUT2D eigenvalue weighted by atomic mass is 9.90. The van der Waals surface area contributed by atoms with Crippen LogP contribution in [0, 0.1) is 12.8 Å². The maximum atomic E-state index is 13.5. The van der Waals surface area contributed by atoms with Gasteiger partial charge in [0, 0.05) is 5.02 Å². The van der Waals surface area contributed by atoms with Crippen molar-refractivity contribution in [1.82, 2.24) is 0 Å². The molecule has 2 fully saturated rings. The number of phenols is 1. The van der Waals surface area contributed by atoms with E-state index in [0.29, 0.717) is 10.7 Å². The molecule has 31 heavy (non-hydrogen) atoms. The molecule has 6 nitrogen and oxygen atoms in total. The van der Waals surface area contributed by atoms with Gasteiger partial charge in [0.05, 0.1) is 17.4 Å². The van der Waals surface area contributed by atoms with E-state index in [0.717, 1.165) is 21.7 Å². The van der Waals surface area contributed by atoms with Crippen LogP contribution in [0.5, 0.6) is 5.75 Å². The van der Waals surface area contributed by atoms with Crippen LogP contribution in [0.25, 0.3) is 0 Å². The number of aryl methyl sites for hydroxylation is 1. The van der Waals surface area contributed by atoms with Crippen LogP contribution < -0.4 is 9.96 Å². The minimum Gasteiger partial charge on any atom is -0.508 e. The maximum Gasteiger partial charge on any atom is 0.266 e. The molecule has 0 spiro atoms. The fourth-order valence-electron chi connectivity index (χ4n) is 4.20. The Labute approximate surface area is 184 Å². The fourth-order valence-corrected chi connectivity index (χ4v) is 4.37. The molecule has 0 unspecified atom stereocenters. The molecule has 2 aliphatic rings. The Morgan fingerprint density at radius 1 is 0.903 bits per heavy atom. The van der Waals surface area contributed by atoms with Crippen molar-refractivity contribution in [3.63, 3.8) is 0 Å². The summed E-state index contributed by atoms with van der Waals surface area (Å²) in [6, 6.07) is 20.5. The predicted molar refractivity (Wildman–Crippen MR) is 117 cm³/mol. The first-order valence-electron chi connectivity index (χ1n) is 9.89. The Hall–Kier alpha value is -3.35. The number of hydrogen-bond acceptors (Lipinski definition) is 5. The van der Waals surface area contributed by atoms with E-state index in [9.17, 15) is 14.7 Å². The first-order valence-corrected chi connectivity index (χ1v) is 10.3. The van der Waals surface area contributed by atoms with Gasteiger partial charge in [-0.1, -0.05) is 48.0 Å². The van der Waals surface area contributed by atoms with Gasteiger partial charge in [-0.15, -0.1) is 0 Å². The molecule has 2 heterocycles. The normalized spacial score (nSPS) is 22.8.